The van der Waals surface area contributed by atoms with Crippen LogP contribution in [0.4, 0.5) is 0 Å². The molecule has 1 aliphatic rings. The summed E-state index contributed by atoms with van der Waals surface area (Å²) < 4.78 is 0. The summed E-state index contributed by atoms with van der Waals surface area (Å²) in [5.74, 6) is 0.135. The van der Waals surface area contributed by atoms with E-state index in [0.717, 1.165) is 18.4 Å². The lowest BCUT2D eigenvalue weighted by molar-refractivity contribution is -0.124. The number of carbonyl (C=O) groups is 1. The van der Waals surface area contributed by atoms with Crippen LogP contribution in [0.25, 0.3) is 0 Å². The molecule has 3 N–H and O–H groups in total. The van der Waals surface area contributed by atoms with E-state index in [9.17, 15) is 4.79 Å². The van der Waals surface area contributed by atoms with Gasteiger partial charge < -0.3 is 11.1 Å². The third-order valence-electron chi connectivity index (χ3n) is 4.53. The Morgan fingerprint density at radius 2 is 1.90 bits per heavy atom. The van der Waals surface area contributed by atoms with Gasteiger partial charge in [0, 0.05) is 17.9 Å². The normalized spacial score (nSPS) is 17.4. The molecule has 4 heteroatoms. The summed E-state index contributed by atoms with van der Waals surface area (Å²) in [6, 6.07) is 8.33. The molecule has 2 rings (SSSR count). The molecule has 0 atom stereocenters. The van der Waals surface area contributed by atoms with Gasteiger partial charge in [-0.05, 0) is 48.8 Å². The van der Waals surface area contributed by atoms with Crippen LogP contribution in [0.15, 0.2) is 29.2 Å². The van der Waals surface area contributed by atoms with Gasteiger partial charge in [-0.2, -0.15) is 0 Å². The van der Waals surface area contributed by atoms with E-state index < -0.39 is 0 Å². The standard InChI is InChI=1S/C17H26N2OS/c1-21-15-7-5-14(6-8-15)12-19-16(20)11-17(13-18)9-3-2-4-10-17/h5-8H,2-4,9-13,18H2,1H3,(H,19,20). The Kier molecular flexibility index (Phi) is 6.12. The number of carbonyl (C=O) groups excluding carboxylic acids is 1. The lowest BCUT2D eigenvalue weighted by atomic mass is 9.71. The molecule has 0 aromatic heterocycles. The average molecular weight is 306 g/mol. The van der Waals surface area contributed by atoms with Crippen LogP contribution in [0.2, 0.25) is 0 Å². The summed E-state index contributed by atoms with van der Waals surface area (Å²) in [6.45, 7) is 1.23. The maximum Gasteiger partial charge on any atom is 0.220 e. The molecule has 0 radical (unpaired) electrons. The smallest absolute Gasteiger partial charge is 0.220 e. The van der Waals surface area contributed by atoms with Crippen molar-refractivity contribution in [1.29, 1.82) is 0 Å². The number of hydrogen-bond acceptors (Lipinski definition) is 3. The van der Waals surface area contributed by atoms with E-state index in [0.29, 0.717) is 19.5 Å². The highest BCUT2D eigenvalue weighted by Crippen LogP contribution is 2.38. The Morgan fingerprint density at radius 1 is 1.24 bits per heavy atom. The second kappa shape index (κ2) is 7.85. The number of rotatable bonds is 6. The number of amides is 1. The average Bonchev–Trinajstić information content (AvgIpc) is 2.54. The Morgan fingerprint density at radius 3 is 2.48 bits per heavy atom. The Hall–Kier alpha value is -1.00. The third kappa shape index (κ3) is 4.75. The van der Waals surface area contributed by atoms with Gasteiger partial charge in [-0.1, -0.05) is 31.4 Å². The predicted molar refractivity (Wildman–Crippen MR) is 89.3 cm³/mol. The number of hydrogen-bond donors (Lipinski definition) is 2. The molecular formula is C17H26N2OS. The molecule has 1 aromatic rings. The summed E-state index contributed by atoms with van der Waals surface area (Å²) in [4.78, 5) is 13.4. The van der Waals surface area contributed by atoms with Crippen LogP contribution in [0.3, 0.4) is 0 Å². The summed E-state index contributed by atoms with van der Waals surface area (Å²) in [7, 11) is 0. The van der Waals surface area contributed by atoms with Gasteiger partial charge in [-0.25, -0.2) is 0 Å². The zero-order valence-corrected chi connectivity index (χ0v) is 13.7. The maximum atomic E-state index is 12.2. The Labute approximate surface area is 132 Å². The minimum Gasteiger partial charge on any atom is -0.352 e. The van der Waals surface area contributed by atoms with Crippen molar-refractivity contribution in [2.75, 3.05) is 12.8 Å². The molecule has 1 saturated carbocycles. The van der Waals surface area contributed by atoms with Crippen molar-refractivity contribution < 1.29 is 4.79 Å². The fraction of sp³-hybridized carbons (Fsp3) is 0.588. The van der Waals surface area contributed by atoms with Crippen LogP contribution in [0.5, 0.6) is 0 Å². The van der Waals surface area contributed by atoms with Crippen LogP contribution in [-0.4, -0.2) is 18.7 Å². The van der Waals surface area contributed by atoms with Gasteiger partial charge in [0.15, 0.2) is 0 Å². The summed E-state index contributed by atoms with van der Waals surface area (Å²) >= 11 is 1.73. The van der Waals surface area contributed by atoms with Crippen LogP contribution in [0.1, 0.15) is 44.1 Å². The fourth-order valence-electron chi connectivity index (χ4n) is 3.10. The van der Waals surface area contributed by atoms with Gasteiger partial charge in [0.1, 0.15) is 0 Å². The first-order chi connectivity index (χ1) is 10.2. The van der Waals surface area contributed by atoms with Crippen molar-refractivity contribution in [3.63, 3.8) is 0 Å². The third-order valence-corrected chi connectivity index (χ3v) is 5.28. The second-order valence-corrected chi connectivity index (χ2v) is 6.95. The molecule has 0 saturated heterocycles. The lowest BCUT2D eigenvalue weighted by Crippen LogP contribution is -2.38. The van der Waals surface area contributed by atoms with Crippen LogP contribution >= 0.6 is 11.8 Å². The van der Waals surface area contributed by atoms with Gasteiger partial charge >= 0.3 is 0 Å². The van der Waals surface area contributed by atoms with Crippen molar-refractivity contribution in [2.45, 2.75) is 50.0 Å². The van der Waals surface area contributed by atoms with E-state index >= 15 is 0 Å². The highest BCUT2D eigenvalue weighted by atomic mass is 32.2. The van der Waals surface area contributed by atoms with Crippen molar-refractivity contribution in [2.24, 2.45) is 11.1 Å². The Bertz CT molecular complexity index is 452. The fourth-order valence-corrected chi connectivity index (χ4v) is 3.51. The predicted octanol–water partition coefficient (Wildman–Crippen LogP) is 3.32. The first-order valence-electron chi connectivity index (χ1n) is 7.77. The largest absolute Gasteiger partial charge is 0.352 e. The molecule has 21 heavy (non-hydrogen) atoms. The van der Waals surface area contributed by atoms with Crippen LogP contribution in [-0.2, 0) is 11.3 Å². The zero-order chi connectivity index (χ0) is 15.1. The van der Waals surface area contributed by atoms with Gasteiger partial charge in [-0.3, -0.25) is 4.79 Å². The second-order valence-electron chi connectivity index (χ2n) is 6.07. The van der Waals surface area contributed by atoms with E-state index in [2.05, 4.69) is 35.8 Å². The number of benzene rings is 1. The minimum atomic E-state index is 0.0467. The Balaban J connectivity index is 1.83. The molecule has 1 fully saturated rings. The van der Waals surface area contributed by atoms with Gasteiger partial charge in [0.05, 0.1) is 0 Å². The van der Waals surface area contributed by atoms with Gasteiger partial charge in [0.2, 0.25) is 5.91 Å². The topological polar surface area (TPSA) is 55.1 Å². The molecule has 1 aliphatic carbocycles. The molecule has 0 heterocycles. The summed E-state index contributed by atoms with van der Waals surface area (Å²) in [5.41, 5.74) is 7.14. The van der Waals surface area contributed by atoms with Crippen LogP contribution in [0, 0.1) is 5.41 Å². The van der Waals surface area contributed by atoms with E-state index in [-0.39, 0.29) is 11.3 Å². The van der Waals surface area contributed by atoms with Gasteiger partial charge in [0.25, 0.3) is 0 Å². The number of thioether (sulfide) groups is 1. The number of nitrogens with two attached hydrogens (primary N) is 1. The van der Waals surface area contributed by atoms with E-state index in [1.807, 2.05) is 0 Å². The quantitative estimate of drug-likeness (QED) is 0.793. The van der Waals surface area contributed by atoms with Crippen LogP contribution < -0.4 is 11.1 Å². The molecule has 0 bridgehead atoms. The molecule has 116 valence electrons. The monoisotopic (exact) mass is 306 g/mol. The SMILES string of the molecule is CSc1ccc(CNC(=O)CC2(CN)CCCCC2)cc1. The highest BCUT2D eigenvalue weighted by molar-refractivity contribution is 7.98. The van der Waals surface area contributed by atoms with Crippen molar-refractivity contribution >= 4 is 17.7 Å². The van der Waals surface area contributed by atoms with Crippen molar-refractivity contribution in [3.8, 4) is 0 Å². The van der Waals surface area contributed by atoms with E-state index in [1.54, 1.807) is 11.8 Å². The van der Waals surface area contributed by atoms with Crippen molar-refractivity contribution in [1.82, 2.24) is 5.32 Å². The maximum absolute atomic E-state index is 12.2. The first kappa shape index (κ1) is 16.4. The summed E-state index contributed by atoms with van der Waals surface area (Å²) in [6.07, 6.45) is 8.53. The van der Waals surface area contributed by atoms with E-state index in [4.69, 9.17) is 5.73 Å². The lowest BCUT2D eigenvalue weighted by Gasteiger charge is -2.35. The molecule has 0 spiro atoms. The minimum absolute atomic E-state index is 0.0467. The first-order valence-corrected chi connectivity index (χ1v) is 9.00. The highest BCUT2D eigenvalue weighted by Gasteiger charge is 2.32. The molecule has 0 unspecified atom stereocenters. The van der Waals surface area contributed by atoms with E-state index in [1.165, 1.54) is 24.2 Å². The number of nitrogens with one attached hydrogen (secondary N) is 1. The van der Waals surface area contributed by atoms with Gasteiger partial charge in [-0.15, -0.1) is 11.8 Å². The van der Waals surface area contributed by atoms with Crippen molar-refractivity contribution in [3.05, 3.63) is 29.8 Å². The molecule has 1 amide bonds. The molecule has 1 aromatic carbocycles. The molecule has 0 aliphatic heterocycles. The molecule has 3 nitrogen and oxygen atoms in total. The molecular weight excluding hydrogens is 280 g/mol. The summed E-state index contributed by atoms with van der Waals surface area (Å²) in [5, 5.41) is 3.04. The zero-order valence-electron chi connectivity index (χ0n) is 12.9.